The third-order valence-corrected chi connectivity index (χ3v) is 2.89. The van der Waals surface area contributed by atoms with Crippen LogP contribution < -0.4 is 4.90 Å². The van der Waals surface area contributed by atoms with Gasteiger partial charge in [-0.3, -0.25) is 4.79 Å². The summed E-state index contributed by atoms with van der Waals surface area (Å²) in [6.07, 6.45) is 3.59. The molecular formula is C13H13F2NO. The van der Waals surface area contributed by atoms with Crippen LogP contribution in [0.1, 0.15) is 19.3 Å². The van der Waals surface area contributed by atoms with Crippen molar-refractivity contribution in [3.63, 3.8) is 0 Å². The van der Waals surface area contributed by atoms with Gasteiger partial charge in [-0.05, 0) is 25.0 Å². The monoisotopic (exact) mass is 237 g/mol. The van der Waals surface area contributed by atoms with E-state index < -0.39 is 11.6 Å². The van der Waals surface area contributed by atoms with Crippen molar-refractivity contribution in [2.24, 2.45) is 0 Å². The highest BCUT2D eigenvalue weighted by Gasteiger charge is 2.16. The minimum absolute atomic E-state index is 0.0561. The normalized spacial score (nSPS) is 15.7. The van der Waals surface area contributed by atoms with Gasteiger partial charge in [0.05, 0.1) is 5.69 Å². The number of halogens is 2. The van der Waals surface area contributed by atoms with Crippen LogP contribution in [0, 0.1) is 11.6 Å². The molecule has 0 N–H and O–H groups in total. The fraction of sp³-hybridized carbons (Fsp3) is 0.308. The van der Waals surface area contributed by atoms with Gasteiger partial charge in [0, 0.05) is 31.3 Å². The molecule has 0 atom stereocenters. The Morgan fingerprint density at radius 2 is 2.00 bits per heavy atom. The maximum atomic E-state index is 13.6. The molecule has 1 aromatic rings. The predicted octanol–water partition coefficient (Wildman–Crippen LogP) is 3.04. The summed E-state index contributed by atoms with van der Waals surface area (Å²) in [5.74, 6) is -1.17. The summed E-state index contributed by atoms with van der Waals surface area (Å²) in [4.78, 5) is 12.9. The van der Waals surface area contributed by atoms with E-state index in [4.69, 9.17) is 0 Å². The van der Waals surface area contributed by atoms with Gasteiger partial charge in [-0.15, -0.1) is 0 Å². The Morgan fingerprint density at radius 1 is 1.24 bits per heavy atom. The molecule has 0 heterocycles. The van der Waals surface area contributed by atoms with Crippen LogP contribution in [-0.2, 0) is 4.79 Å². The molecule has 1 aliphatic rings. The molecule has 17 heavy (non-hydrogen) atoms. The van der Waals surface area contributed by atoms with Gasteiger partial charge in [0.1, 0.15) is 11.6 Å². The van der Waals surface area contributed by atoms with E-state index in [1.54, 1.807) is 11.9 Å². The number of benzene rings is 1. The summed E-state index contributed by atoms with van der Waals surface area (Å²) in [7, 11) is 1.68. The number of rotatable bonds is 2. The van der Waals surface area contributed by atoms with Crippen LogP contribution in [0.3, 0.4) is 0 Å². The van der Waals surface area contributed by atoms with Gasteiger partial charge in [0.25, 0.3) is 0 Å². The van der Waals surface area contributed by atoms with Crippen molar-refractivity contribution in [1.29, 1.82) is 0 Å². The standard InChI is InChI=1S/C13H13F2NO/c1-16(10-3-2-4-11(17)8-10)13-6-5-9(14)7-12(13)15/h5-8H,2-4H2,1H3. The van der Waals surface area contributed by atoms with Crippen LogP contribution >= 0.6 is 0 Å². The van der Waals surface area contributed by atoms with Crippen molar-refractivity contribution >= 4 is 11.5 Å². The zero-order valence-electron chi connectivity index (χ0n) is 9.54. The topological polar surface area (TPSA) is 20.3 Å². The van der Waals surface area contributed by atoms with Gasteiger partial charge >= 0.3 is 0 Å². The van der Waals surface area contributed by atoms with Gasteiger partial charge in [0.15, 0.2) is 5.78 Å². The first-order valence-electron chi connectivity index (χ1n) is 5.50. The van der Waals surface area contributed by atoms with E-state index in [0.29, 0.717) is 6.42 Å². The smallest absolute Gasteiger partial charge is 0.157 e. The van der Waals surface area contributed by atoms with Crippen LogP contribution in [0.5, 0.6) is 0 Å². The Morgan fingerprint density at radius 3 is 2.65 bits per heavy atom. The molecule has 0 amide bonds. The van der Waals surface area contributed by atoms with Crippen LogP contribution in [0.2, 0.25) is 0 Å². The first kappa shape index (κ1) is 11.8. The zero-order valence-corrected chi connectivity index (χ0v) is 9.54. The van der Waals surface area contributed by atoms with Crippen LogP contribution in [-0.4, -0.2) is 12.8 Å². The van der Waals surface area contributed by atoms with E-state index in [2.05, 4.69) is 0 Å². The summed E-state index contributed by atoms with van der Waals surface area (Å²) in [5, 5.41) is 0. The average Bonchev–Trinajstić information content (AvgIpc) is 2.28. The molecule has 0 unspecified atom stereocenters. The van der Waals surface area contributed by atoms with Gasteiger partial charge in [0.2, 0.25) is 0 Å². The molecular weight excluding hydrogens is 224 g/mol. The van der Waals surface area contributed by atoms with Crippen molar-refractivity contribution in [3.05, 3.63) is 41.6 Å². The predicted molar refractivity (Wildman–Crippen MR) is 61.7 cm³/mol. The highest BCUT2D eigenvalue weighted by molar-refractivity contribution is 5.91. The maximum absolute atomic E-state index is 13.6. The molecule has 0 saturated carbocycles. The fourth-order valence-corrected chi connectivity index (χ4v) is 1.95. The summed E-state index contributed by atoms with van der Waals surface area (Å²) >= 11 is 0. The summed E-state index contributed by atoms with van der Waals surface area (Å²) in [6.45, 7) is 0. The Kier molecular flexibility index (Phi) is 3.22. The largest absolute Gasteiger partial charge is 0.346 e. The second kappa shape index (κ2) is 4.65. The van der Waals surface area contributed by atoms with E-state index >= 15 is 0 Å². The first-order valence-corrected chi connectivity index (χ1v) is 5.50. The van der Waals surface area contributed by atoms with Gasteiger partial charge in [-0.25, -0.2) is 8.78 Å². The number of carbonyl (C=O) groups excluding carboxylic acids is 1. The first-order chi connectivity index (χ1) is 8.08. The van der Waals surface area contributed by atoms with Crippen molar-refractivity contribution in [2.45, 2.75) is 19.3 Å². The lowest BCUT2D eigenvalue weighted by molar-refractivity contribution is -0.115. The maximum Gasteiger partial charge on any atom is 0.157 e. The number of allylic oxidation sites excluding steroid dienone is 2. The quantitative estimate of drug-likeness (QED) is 0.788. The number of hydrogen-bond donors (Lipinski definition) is 0. The van der Waals surface area contributed by atoms with Crippen LogP contribution in [0.25, 0.3) is 0 Å². The SMILES string of the molecule is CN(C1=CC(=O)CCC1)c1ccc(F)cc1F. The molecule has 2 rings (SSSR count). The highest BCUT2D eigenvalue weighted by Crippen LogP contribution is 2.26. The van der Waals surface area contributed by atoms with E-state index in [0.717, 1.165) is 24.6 Å². The Balaban J connectivity index is 2.30. The molecule has 90 valence electrons. The van der Waals surface area contributed by atoms with E-state index in [-0.39, 0.29) is 11.5 Å². The zero-order chi connectivity index (χ0) is 12.4. The van der Waals surface area contributed by atoms with Gasteiger partial charge in [-0.2, -0.15) is 0 Å². The third kappa shape index (κ3) is 2.52. The number of hydrogen-bond acceptors (Lipinski definition) is 2. The summed E-state index contributed by atoms with van der Waals surface area (Å²) in [5.41, 5.74) is 1.05. The van der Waals surface area contributed by atoms with Gasteiger partial charge in [-0.1, -0.05) is 0 Å². The molecule has 0 aromatic heterocycles. The highest BCUT2D eigenvalue weighted by atomic mass is 19.1. The molecule has 0 saturated heterocycles. The molecule has 0 bridgehead atoms. The molecule has 0 aliphatic heterocycles. The Bertz CT molecular complexity index is 482. The van der Waals surface area contributed by atoms with E-state index in [1.165, 1.54) is 18.2 Å². The lowest BCUT2D eigenvalue weighted by Gasteiger charge is -2.25. The lowest BCUT2D eigenvalue weighted by Crippen LogP contribution is -2.21. The molecule has 0 radical (unpaired) electrons. The van der Waals surface area contributed by atoms with Crippen molar-refractivity contribution in [1.82, 2.24) is 0 Å². The number of carbonyl (C=O) groups is 1. The molecule has 1 aliphatic carbocycles. The average molecular weight is 237 g/mol. The van der Waals surface area contributed by atoms with Crippen LogP contribution in [0.4, 0.5) is 14.5 Å². The number of anilines is 1. The Labute approximate surface area is 98.5 Å². The molecule has 2 nitrogen and oxygen atoms in total. The Hall–Kier alpha value is -1.71. The molecule has 0 spiro atoms. The lowest BCUT2D eigenvalue weighted by atomic mass is 10.0. The fourth-order valence-electron chi connectivity index (χ4n) is 1.95. The minimum Gasteiger partial charge on any atom is -0.346 e. The van der Waals surface area contributed by atoms with E-state index in [9.17, 15) is 13.6 Å². The molecule has 4 heteroatoms. The minimum atomic E-state index is -0.619. The number of ketones is 1. The second-order valence-electron chi connectivity index (χ2n) is 4.11. The van der Waals surface area contributed by atoms with Crippen molar-refractivity contribution < 1.29 is 13.6 Å². The van der Waals surface area contributed by atoms with Crippen molar-refractivity contribution in [3.8, 4) is 0 Å². The second-order valence-corrected chi connectivity index (χ2v) is 4.11. The number of nitrogens with zero attached hydrogens (tertiary/aromatic N) is 1. The van der Waals surface area contributed by atoms with Crippen LogP contribution in [0.15, 0.2) is 30.0 Å². The van der Waals surface area contributed by atoms with Gasteiger partial charge < -0.3 is 4.90 Å². The summed E-state index contributed by atoms with van der Waals surface area (Å²) < 4.78 is 26.3. The third-order valence-electron chi connectivity index (χ3n) is 2.89. The molecule has 1 aromatic carbocycles. The van der Waals surface area contributed by atoms with E-state index in [1.807, 2.05) is 0 Å². The molecule has 0 fully saturated rings. The summed E-state index contributed by atoms with van der Waals surface area (Å²) in [6, 6.07) is 3.43. The van der Waals surface area contributed by atoms with Crippen molar-refractivity contribution in [2.75, 3.05) is 11.9 Å².